The summed E-state index contributed by atoms with van der Waals surface area (Å²) in [6, 6.07) is 11.5. The first-order valence-electron chi connectivity index (χ1n) is 8.17. The van der Waals surface area contributed by atoms with E-state index < -0.39 is 17.4 Å². The Balaban J connectivity index is 2.54. The number of rotatable bonds is 2. The van der Waals surface area contributed by atoms with Crippen molar-refractivity contribution in [3.8, 4) is 6.19 Å². The minimum absolute atomic E-state index is 0.0290. The van der Waals surface area contributed by atoms with Crippen LogP contribution in [0.3, 0.4) is 0 Å². The minimum Gasteiger partial charge on any atom is -0.267 e. The van der Waals surface area contributed by atoms with E-state index in [1.54, 1.807) is 51.2 Å². The van der Waals surface area contributed by atoms with Crippen molar-refractivity contribution < 1.29 is 9.59 Å². The first kappa shape index (κ1) is 20.8. The Morgan fingerprint density at radius 1 is 1.04 bits per heavy atom. The Morgan fingerprint density at radius 3 is 2.22 bits per heavy atom. The Bertz CT molecular complexity index is 930. The predicted octanol–water partition coefficient (Wildman–Crippen LogP) is 5.08. The van der Waals surface area contributed by atoms with Gasteiger partial charge in [0.2, 0.25) is 6.19 Å². The number of hydrazine groups is 1. The summed E-state index contributed by atoms with van der Waals surface area (Å²) in [5, 5.41) is 11.8. The van der Waals surface area contributed by atoms with Crippen molar-refractivity contribution in [2.24, 2.45) is 0 Å². The molecule has 2 amide bonds. The second kappa shape index (κ2) is 7.99. The van der Waals surface area contributed by atoms with Gasteiger partial charge in [-0.25, -0.2) is 5.01 Å². The monoisotopic (exact) mass is 403 g/mol. The molecule has 27 heavy (non-hydrogen) atoms. The van der Waals surface area contributed by atoms with E-state index in [1.165, 1.54) is 12.1 Å². The molecular weight excluding hydrogens is 385 g/mol. The van der Waals surface area contributed by atoms with Crippen molar-refractivity contribution in [1.82, 2.24) is 10.0 Å². The molecule has 0 saturated heterocycles. The Hall–Kier alpha value is -2.55. The van der Waals surface area contributed by atoms with Crippen LogP contribution < -0.4 is 0 Å². The SMILES string of the molecule is Cc1cccc(C(=O)N(N(C#N)C(=O)c2cccc(Cl)c2Cl)C(C)(C)C)c1. The van der Waals surface area contributed by atoms with E-state index in [4.69, 9.17) is 23.2 Å². The molecule has 2 rings (SSSR count). The average Bonchev–Trinajstić information content (AvgIpc) is 2.59. The van der Waals surface area contributed by atoms with Gasteiger partial charge in [0.15, 0.2) is 0 Å². The van der Waals surface area contributed by atoms with Gasteiger partial charge in [0, 0.05) is 5.56 Å². The normalized spacial score (nSPS) is 10.9. The molecule has 0 aromatic heterocycles. The molecule has 0 aliphatic rings. The molecule has 0 aliphatic heterocycles. The molecule has 140 valence electrons. The lowest BCUT2D eigenvalue weighted by Crippen LogP contribution is -2.56. The van der Waals surface area contributed by atoms with E-state index in [-0.39, 0.29) is 15.6 Å². The third-order valence-electron chi connectivity index (χ3n) is 3.76. The summed E-state index contributed by atoms with van der Waals surface area (Å²) in [5.41, 5.74) is 0.451. The van der Waals surface area contributed by atoms with E-state index in [0.717, 1.165) is 15.6 Å². The maximum absolute atomic E-state index is 13.2. The average molecular weight is 404 g/mol. The first-order valence-corrected chi connectivity index (χ1v) is 8.93. The quantitative estimate of drug-likeness (QED) is 0.398. The highest BCUT2D eigenvalue weighted by atomic mass is 35.5. The van der Waals surface area contributed by atoms with E-state index in [1.807, 2.05) is 13.0 Å². The lowest BCUT2D eigenvalue weighted by Gasteiger charge is -2.39. The van der Waals surface area contributed by atoms with Crippen molar-refractivity contribution >= 4 is 35.0 Å². The van der Waals surface area contributed by atoms with Gasteiger partial charge in [0.1, 0.15) is 0 Å². The molecule has 2 aromatic carbocycles. The summed E-state index contributed by atoms with van der Waals surface area (Å²) in [5.74, 6) is -1.21. The second-order valence-electron chi connectivity index (χ2n) is 6.98. The van der Waals surface area contributed by atoms with Crippen LogP contribution in [0.4, 0.5) is 0 Å². The highest BCUT2D eigenvalue weighted by molar-refractivity contribution is 6.43. The van der Waals surface area contributed by atoms with Gasteiger partial charge in [-0.2, -0.15) is 5.26 Å². The number of nitrogens with zero attached hydrogens (tertiary/aromatic N) is 3. The zero-order valence-electron chi connectivity index (χ0n) is 15.5. The largest absolute Gasteiger partial charge is 0.287 e. The molecule has 0 radical (unpaired) electrons. The predicted molar refractivity (Wildman–Crippen MR) is 105 cm³/mol. The van der Waals surface area contributed by atoms with Gasteiger partial charge < -0.3 is 0 Å². The van der Waals surface area contributed by atoms with Gasteiger partial charge in [0.25, 0.3) is 11.8 Å². The molecule has 0 spiro atoms. The van der Waals surface area contributed by atoms with Crippen LogP contribution in [0.15, 0.2) is 42.5 Å². The maximum atomic E-state index is 13.2. The number of amides is 2. The van der Waals surface area contributed by atoms with Crippen molar-refractivity contribution in [1.29, 1.82) is 5.26 Å². The fourth-order valence-corrected chi connectivity index (χ4v) is 2.94. The first-order chi connectivity index (χ1) is 12.6. The van der Waals surface area contributed by atoms with Crippen LogP contribution in [0.25, 0.3) is 0 Å². The third kappa shape index (κ3) is 4.41. The number of carbonyl (C=O) groups excluding carboxylic acids is 2. The summed E-state index contributed by atoms with van der Waals surface area (Å²) >= 11 is 12.1. The van der Waals surface area contributed by atoms with Crippen LogP contribution >= 0.6 is 23.2 Å². The number of nitriles is 1. The van der Waals surface area contributed by atoms with Gasteiger partial charge in [-0.05, 0) is 52.0 Å². The van der Waals surface area contributed by atoms with Crippen molar-refractivity contribution in [2.75, 3.05) is 0 Å². The fourth-order valence-electron chi connectivity index (χ4n) is 2.56. The molecule has 0 N–H and O–H groups in total. The molecule has 0 bridgehead atoms. The van der Waals surface area contributed by atoms with Gasteiger partial charge in [0.05, 0.1) is 21.1 Å². The molecule has 7 heteroatoms. The van der Waals surface area contributed by atoms with Crippen LogP contribution in [-0.2, 0) is 0 Å². The highest BCUT2D eigenvalue weighted by Crippen LogP contribution is 2.28. The molecule has 5 nitrogen and oxygen atoms in total. The van der Waals surface area contributed by atoms with Gasteiger partial charge in [-0.1, -0.05) is 47.0 Å². The van der Waals surface area contributed by atoms with Crippen LogP contribution in [0.5, 0.6) is 0 Å². The summed E-state index contributed by atoms with van der Waals surface area (Å²) in [4.78, 5) is 26.2. The zero-order valence-corrected chi connectivity index (χ0v) is 17.0. The van der Waals surface area contributed by atoms with Crippen LogP contribution in [-0.4, -0.2) is 27.4 Å². The Morgan fingerprint density at radius 2 is 1.67 bits per heavy atom. The molecule has 0 aliphatic carbocycles. The lowest BCUT2D eigenvalue weighted by molar-refractivity contribution is -0.0167. The van der Waals surface area contributed by atoms with Crippen molar-refractivity contribution in [2.45, 2.75) is 33.2 Å². The number of hydrogen-bond acceptors (Lipinski definition) is 3. The molecule has 0 unspecified atom stereocenters. The topological polar surface area (TPSA) is 64.4 Å². The number of aryl methyl sites for hydroxylation is 1. The summed E-state index contributed by atoms with van der Waals surface area (Å²) < 4.78 is 0. The highest BCUT2D eigenvalue weighted by Gasteiger charge is 2.37. The Kier molecular flexibility index (Phi) is 6.15. The summed E-state index contributed by atoms with van der Waals surface area (Å²) in [7, 11) is 0. The van der Waals surface area contributed by atoms with Gasteiger partial charge in [-0.15, -0.1) is 5.01 Å². The maximum Gasteiger partial charge on any atom is 0.287 e. The molecule has 0 heterocycles. The van der Waals surface area contributed by atoms with E-state index in [0.29, 0.717) is 5.56 Å². The number of benzene rings is 2. The molecule has 0 atom stereocenters. The summed E-state index contributed by atoms with van der Waals surface area (Å²) in [6.45, 7) is 7.06. The van der Waals surface area contributed by atoms with Crippen LogP contribution in [0.1, 0.15) is 47.1 Å². The number of hydrogen-bond donors (Lipinski definition) is 0. The van der Waals surface area contributed by atoms with E-state index >= 15 is 0 Å². The zero-order chi connectivity index (χ0) is 20.4. The summed E-state index contributed by atoms with van der Waals surface area (Å²) in [6.07, 6.45) is 1.81. The standard InChI is InChI=1S/C20H19Cl2N3O2/c1-13-7-5-8-14(11-13)18(26)25(20(2,3)4)24(12-23)19(27)15-9-6-10-16(21)17(15)22/h5-11H,1-4H3. The number of halogens is 2. The van der Waals surface area contributed by atoms with Crippen LogP contribution in [0, 0.1) is 18.4 Å². The number of carbonyl (C=O) groups is 2. The fraction of sp³-hybridized carbons (Fsp3) is 0.250. The minimum atomic E-state index is -0.850. The van der Waals surface area contributed by atoms with E-state index in [2.05, 4.69) is 0 Å². The molecule has 2 aromatic rings. The third-order valence-corrected chi connectivity index (χ3v) is 4.58. The lowest BCUT2D eigenvalue weighted by atomic mass is 10.0. The van der Waals surface area contributed by atoms with Crippen molar-refractivity contribution in [3.05, 3.63) is 69.2 Å². The second-order valence-corrected chi connectivity index (χ2v) is 7.76. The smallest absolute Gasteiger partial charge is 0.267 e. The molecule has 0 fully saturated rings. The Labute approximate surface area is 168 Å². The van der Waals surface area contributed by atoms with Gasteiger partial charge in [-0.3, -0.25) is 9.59 Å². The van der Waals surface area contributed by atoms with Crippen molar-refractivity contribution in [3.63, 3.8) is 0 Å². The van der Waals surface area contributed by atoms with Crippen LogP contribution in [0.2, 0.25) is 10.0 Å². The van der Waals surface area contributed by atoms with E-state index in [9.17, 15) is 14.9 Å². The van der Waals surface area contributed by atoms with Gasteiger partial charge >= 0.3 is 0 Å². The molecular formula is C20H19Cl2N3O2. The molecule has 0 saturated carbocycles.